The van der Waals surface area contributed by atoms with E-state index < -0.39 is 0 Å². The molecule has 0 bridgehead atoms. The molecular weight excluding hydrogens is 574 g/mol. The summed E-state index contributed by atoms with van der Waals surface area (Å²) in [6.45, 7) is 7.01. The van der Waals surface area contributed by atoms with Crippen molar-refractivity contribution >= 4 is 11.8 Å². The molecule has 0 spiro atoms. The maximum Gasteiger partial charge on any atom is 0.411 e. The lowest BCUT2D eigenvalue weighted by molar-refractivity contribution is -0.890. The molecule has 1 aliphatic heterocycles. The van der Waals surface area contributed by atoms with Gasteiger partial charge in [0.15, 0.2) is 0 Å². The molecule has 250 valence electrons. The van der Waals surface area contributed by atoms with E-state index in [0.29, 0.717) is 6.61 Å². The molecular formula is C39H56N3O4+. The Balaban J connectivity index is 0.997. The molecule has 7 nitrogen and oxygen atoms in total. The van der Waals surface area contributed by atoms with Crippen LogP contribution in [0.2, 0.25) is 0 Å². The number of nitrogens with one attached hydrogen (secondary N) is 1. The van der Waals surface area contributed by atoms with Crippen LogP contribution in [0.15, 0.2) is 78.9 Å². The third-order valence-electron chi connectivity index (χ3n) is 9.05. The van der Waals surface area contributed by atoms with E-state index >= 15 is 0 Å². The quantitative estimate of drug-likeness (QED) is 0.106. The summed E-state index contributed by atoms with van der Waals surface area (Å²) in [6, 6.07) is 26.0. The van der Waals surface area contributed by atoms with Crippen molar-refractivity contribution in [2.24, 2.45) is 0 Å². The molecule has 1 heterocycles. The van der Waals surface area contributed by atoms with E-state index in [9.17, 15) is 4.79 Å². The van der Waals surface area contributed by atoms with Gasteiger partial charge in [-0.05, 0) is 75.6 Å². The van der Waals surface area contributed by atoms with Gasteiger partial charge in [0.1, 0.15) is 11.9 Å². The van der Waals surface area contributed by atoms with Crippen LogP contribution in [0.4, 0.5) is 10.5 Å². The molecule has 1 aliphatic rings. The summed E-state index contributed by atoms with van der Waals surface area (Å²) in [7, 11) is 6.45. The number of nitrogens with zero attached hydrogens (tertiary/aromatic N) is 2. The van der Waals surface area contributed by atoms with Crippen LogP contribution in [0.25, 0.3) is 11.1 Å². The third kappa shape index (κ3) is 12.4. The number of rotatable bonds is 19. The standard InChI is InChI=1S/C39H55N3O4/c1-42(2,29-15-4-5-17-31-45-32-34-20-10-13-23-38(34)44-3)30-16-7-14-26-41-27-24-35(25-28-41)46-39(43)40-37-22-12-11-21-36(37)33-18-8-6-9-19-33/h6,8-13,18-23,35H,4-5,7,14-17,24-32H2,1-3H3/p+1. The van der Waals surface area contributed by atoms with Crippen molar-refractivity contribution in [3.8, 4) is 16.9 Å². The van der Waals surface area contributed by atoms with Crippen molar-refractivity contribution < 1.29 is 23.5 Å². The topological polar surface area (TPSA) is 60.0 Å². The molecule has 3 aromatic carbocycles. The van der Waals surface area contributed by atoms with Gasteiger partial charge in [0, 0.05) is 30.8 Å². The van der Waals surface area contributed by atoms with Gasteiger partial charge in [-0.3, -0.25) is 5.32 Å². The smallest absolute Gasteiger partial charge is 0.411 e. The van der Waals surface area contributed by atoms with E-state index in [1.54, 1.807) is 7.11 Å². The van der Waals surface area contributed by atoms with Crippen molar-refractivity contribution in [3.05, 3.63) is 84.4 Å². The van der Waals surface area contributed by atoms with Crippen LogP contribution in [-0.2, 0) is 16.1 Å². The zero-order valence-corrected chi connectivity index (χ0v) is 28.4. The lowest BCUT2D eigenvalue weighted by Gasteiger charge is -2.32. The van der Waals surface area contributed by atoms with Gasteiger partial charge < -0.3 is 23.6 Å². The molecule has 1 fully saturated rings. The first-order valence-electron chi connectivity index (χ1n) is 17.3. The van der Waals surface area contributed by atoms with Gasteiger partial charge in [0.05, 0.1) is 46.6 Å². The summed E-state index contributed by atoms with van der Waals surface area (Å²) >= 11 is 0. The number of para-hydroxylation sites is 2. The van der Waals surface area contributed by atoms with Crippen molar-refractivity contribution in [2.75, 3.05) is 65.9 Å². The number of carbonyl (C=O) groups excluding carboxylic acids is 1. The first-order chi connectivity index (χ1) is 22.4. The SMILES string of the molecule is COc1ccccc1COCCCCCC[N+](C)(C)CCCCCN1CCC(OC(=O)Nc2ccccc2-c2ccccc2)CC1. The highest BCUT2D eigenvalue weighted by molar-refractivity contribution is 5.91. The summed E-state index contributed by atoms with van der Waals surface area (Å²) in [5.74, 6) is 0.901. The van der Waals surface area contributed by atoms with Crippen LogP contribution < -0.4 is 10.1 Å². The first-order valence-corrected chi connectivity index (χ1v) is 17.3. The molecule has 1 saturated heterocycles. The number of hydrogen-bond acceptors (Lipinski definition) is 5. The van der Waals surface area contributed by atoms with E-state index in [4.69, 9.17) is 14.2 Å². The molecule has 46 heavy (non-hydrogen) atoms. The van der Waals surface area contributed by atoms with Crippen LogP contribution in [0.1, 0.15) is 63.4 Å². The zero-order chi connectivity index (χ0) is 32.5. The summed E-state index contributed by atoms with van der Waals surface area (Å²) in [5, 5.41) is 2.98. The predicted molar refractivity (Wildman–Crippen MR) is 188 cm³/mol. The third-order valence-corrected chi connectivity index (χ3v) is 9.05. The van der Waals surface area contributed by atoms with Crippen LogP contribution in [0, 0.1) is 0 Å². The monoisotopic (exact) mass is 630 g/mol. The van der Waals surface area contributed by atoms with Gasteiger partial charge in [-0.15, -0.1) is 0 Å². The Hall–Kier alpha value is -3.39. The normalized spacial score (nSPS) is 14.2. The van der Waals surface area contributed by atoms with Crippen LogP contribution in [-0.4, -0.2) is 82.1 Å². The number of likely N-dealkylation sites (tertiary alicyclic amines) is 1. The molecule has 7 heteroatoms. The number of unbranched alkanes of at least 4 members (excludes halogenated alkanes) is 5. The van der Waals surface area contributed by atoms with Gasteiger partial charge in [-0.1, -0.05) is 73.2 Å². The molecule has 0 aliphatic carbocycles. The van der Waals surface area contributed by atoms with Gasteiger partial charge in [-0.2, -0.15) is 0 Å². The minimum absolute atomic E-state index is 0.0239. The van der Waals surface area contributed by atoms with E-state index in [1.807, 2.05) is 72.8 Å². The Morgan fingerprint density at radius 3 is 2.22 bits per heavy atom. The number of piperidine rings is 1. The fraction of sp³-hybridized carbons (Fsp3) is 0.513. The Labute approximate surface area is 277 Å². The largest absolute Gasteiger partial charge is 0.496 e. The molecule has 0 unspecified atom stereocenters. The fourth-order valence-electron chi connectivity index (χ4n) is 6.27. The maximum absolute atomic E-state index is 12.7. The van der Waals surface area contributed by atoms with Crippen LogP contribution in [0.5, 0.6) is 5.75 Å². The highest BCUT2D eigenvalue weighted by atomic mass is 16.6. The van der Waals surface area contributed by atoms with E-state index in [2.05, 4.69) is 30.4 Å². The number of ether oxygens (including phenoxy) is 3. The van der Waals surface area contributed by atoms with Crippen molar-refractivity contribution in [1.82, 2.24) is 4.90 Å². The number of amides is 1. The van der Waals surface area contributed by atoms with E-state index in [0.717, 1.165) is 78.1 Å². The lowest BCUT2D eigenvalue weighted by atomic mass is 10.0. The van der Waals surface area contributed by atoms with Crippen LogP contribution >= 0.6 is 0 Å². The second kappa shape index (κ2) is 19.3. The number of methoxy groups -OCH3 is 1. The molecule has 1 N–H and O–H groups in total. The average molecular weight is 631 g/mol. The number of benzene rings is 3. The number of anilines is 1. The van der Waals surface area contributed by atoms with Gasteiger partial charge >= 0.3 is 6.09 Å². The maximum atomic E-state index is 12.7. The second-order valence-corrected chi connectivity index (χ2v) is 13.2. The Bertz CT molecular complexity index is 1290. The van der Waals surface area contributed by atoms with Gasteiger partial charge in [0.25, 0.3) is 0 Å². The molecule has 0 atom stereocenters. The summed E-state index contributed by atoms with van der Waals surface area (Å²) in [6.07, 6.45) is 10.0. The molecule has 3 aromatic rings. The average Bonchev–Trinajstić information content (AvgIpc) is 3.07. The Morgan fingerprint density at radius 2 is 1.46 bits per heavy atom. The van der Waals surface area contributed by atoms with E-state index in [1.165, 1.54) is 51.6 Å². The minimum Gasteiger partial charge on any atom is -0.496 e. The molecule has 4 rings (SSSR count). The zero-order valence-electron chi connectivity index (χ0n) is 28.4. The summed E-state index contributed by atoms with van der Waals surface area (Å²) < 4.78 is 18.2. The van der Waals surface area contributed by atoms with Gasteiger partial charge in [0.2, 0.25) is 0 Å². The Kier molecular flexibility index (Phi) is 14.9. The van der Waals surface area contributed by atoms with Crippen molar-refractivity contribution in [3.63, 3.8) is 0 Å². The summed E-state index contributed by atoms with van der Waals surface area (Å²) in [4.78, 5) is 15.2. The lowest BCUT2D eigenvalue weighted by Crippen LogP contribution is -2.41. The number of carbonyl (C=O) groups is 1. The highest BCUT2D eigenvalue weighted by Gasteiger charge is 2.23. The highest BCUT2D eigenvalue weighted by Crippen LogP contribution is 2.28. The summed E-state index contributed by atoms with van der Waals surface area (Å²) in [5.41, 5.74) is 3.96. The van der Waals surface area contributed by atoms with Crippen molar-refractivity contribution in [1.29, 1.82) is 0 Å². The van der Waals surface area contributed by atoms with Gasteiger partial charge in [-0.25, -0.2) is 4.79 Å². The predicted octanol–water partition coefficient (Wildman–Crippen LogP) is 8.40. The molecule has 0 aromatic heterocycles. The molecule has 1 amide bonds. The van der Waals surface area contributed by atoms with Crippen molar-refractivity contribution in [2.45, 2.75) is 70.5 Å². The van der Waals surface area contributed by atoms with E-state index in [-0.39, 0.29) is 12.2 Å². The second-order valence-electron chi connectivity index (χ2n) is 13.2. The molecule has 0 saturated carbocycles. The molecule has 0 radical (unpaired) electrons. The van der Waals surface area contributed by atoms with Crippen LogP contribution in [0.3, 0.4) is 0 Å². The number of hydrogen-bond donors (Lipinski definition) is 1. The first kappa shape index (κ1) is 35.5. The Morgan fingerprint density at radius 1 is 0.804 bits per heavy atom. The fourth-order valence-corrected chi connectivity index (χ4v) is 6.27. The number of quaternary nitrogens is 1. The minimum atomic E-state index is -0.364.